The van der Waals surface area contributed by atoms with E-state index in [1.54, 1.807) is 0 Å². The van der Waals surface area contributed by atoms with E-state index in [0.717, 1.165) is 76.8 Å². The molecule has 0 spiro atoms. The summed E-state index contributed by atoms with van der Waals surface area (Å²) in [5, 5.41) is 9.90. The number of hydrogen-bond donors (Lipinski definition) is 2. The van der Waals surface area contributed by atoms with E-state index in [-0.39, 0.29) is 23.7 Å². The minimum atomic E-state index is -0.153. The molecular formula is C19H31N5O2. The molecule has 26 heavy (non-hydrogen) atoms. The third-order valence-corrected chi connectivity index (χ3v) is 5.88. The first-order valence-electron chi connectivity index (χ1n) is 10.1. The van der Waals surface area contributed by atoms with Gasteiger partial charge in [0.2, 0.25) is 11.8 Å². The smallest absolute Gasteiger partial charge is 0.226 e. The van der Waals surface area contributed by atoms with Crippen LogP contribution >= 0.6 is 0 Å². The Hall–Kier alpha value is -1.92. The minimum Gasteiger partial charge on any atom is -0.356 e. The van der Waals surface area contributed by atoms with Crippen LogP contribution in [-0.2, 0) is 9.59 Å². The average Bonchev–Trinajstić information content (AvgIpc) is 3.22. The van der Waals surface area contributed by atoms with Gasteiger partial charge in [0, 0.05) is 37.4 Å². The molecule has 1 saturated heterocycles. The topological polar surface area (TPSA) is 91.0 Å². The number of nitrogens with one attached hydrogen (secondary N) is 2. The Bertz CT molecular complexity index is 581. The summed E-state index contributed by atoms with van der Waals surface area (Å²) in [5.41, 5.74) is 0. The predicted molar refractivity (Wildman–Crippen MR) is 98.3 cm³/mol. The highest BCUT2D eigenvalue weighted by molar-refractivity contribution is 5.88. The number of carbonyl (C=O) groups excluding carboxylic acids is 2. The first-order chi connectivity index (χ1) is 12.7. The number of unbranched alkanes of at least 4 members (excludes halogenated alkanes) is 1. The van der Waals surface area contributed by atoms with Crippen molar-refractivity contribution in [3.8, 4) is 0 Å². The van der Waals surface area contributed by atoms with Gasteiger partial charge in [0.05, 0.1) is 0 Å². The highest BCUT2D eigenvalue weighted by Gasteiger charge is 2.38. The Morgan fingerprint density at radius 2 is 1.92 bits per heavy atom. The van der Waals surface area contributed by atoms with Crippen LogP contribution in [-0.4, -0.2) is 51.5 Å². The van der Waals surface area contributed by atoms with Crippen LogP contribution in [0.3, 0.4) is 0 Å². The van der Waals surface area contributed by atoms with E-state index in [4.69, 9.17) is 0 Å². The van der Waals surface area contributed by atoms with E-state index in [1.807, 2.05) is 4.90 Å². The van der Waals surface area contributed by atoms with Crippen LogP contribution in [0.5, 0.6) is 0 Å². The van der Waals surface area contributed by atoms with Crippen LogP contribution in [0.25, 0.3) is 0 Å². The van der Waals surface area contributed by atoms with Crippen molar-refractivity contribution in [3.05, 3.63) is 12.2 Å². The zero-order chi connectivity index (χ0) is 18.4. The first-order valence-corrected chi connectivity index (χ1v) is 10.1. The molecule has 2 heterocycles. The normalized spacial score (nSPS) is 24.4. The number of rotatable bonds is 6. The number of aromatic nitrogens is 3. The molecule has 1 aromatic heterocycles. The molecule has 1 aliphatic heterocycles. The molecule has 2 fully saturated rings. The number of hydrogen-bond acceptors (Lipinski definition) is 4. The van der Waals surface area contributed by atoms with Gasteiger partial charge in [-0.25, -0.2) is 4.98 Å². The van der Waals surface area contributed by atoms with Crippen LogP contribution < -0.4 is 5.32 Å². The number of piperidine rings is 1. The van der Waals surface area contributed by atoms with E-state index in [9.17, 15) is 9.59 Å². The van der Waals surface area contributed by atoms with Crippen LogP contribution in [0.1, 0.15) is 70.0 Å². The summed E-state index contributed by atoms with van der Waals surface area (Å²) in [6, 6.07) is 0. The van der Waals surface area contributed by atoms with Gasteiger partial charge in [-0.05, 0) is 32.1 Å². The van der Waals surface area contributed by atoms with Gasteiger partial charge in [-0.15, -0.1) is 0 Å². The zero-order valence-corrected chi connectivity index (χ0v) is 15.7. The Labute approximate surface area is 155 Å². The highest BCUT2D eigenvalue weighted by atomic mass is 16.2. The molecule has 7 nitrogen and oxygen atoms in total. The number of nitrogens with zero attached hydrogens (tertiary/aromatic N) is 3. The fourth-order valence-electron chi connectivity index (χ4n) is 4.28. The maximum atomic E-state index is 13.1. The quantitative estimate of drug-likeness (QED) is 0.760. The lowest BCUT2D eigenvalue weighted by molar-refractivity contribution is -0.144. The second kappa shape index (κ2) is 9.14. The Morgan fingerprint density at radius 3 is 2.58 bits per heavy atom. The number of likely N-dealkylation sites (tertiary alicyclic amines) is 1. The third-order valence-electron chi connectivity index (χ3n) is 5.88. The molecule has 2 aliphatic rings. The molecule has 2 N–H and O–H groups in total. The summed E-state index contributed by atoms with van der Waals surface area (Å²) in [6.45, 7) is 4.31. The van der Waals surface area contributed by atoms with Gasteiger partial charge < -0.3 is 10.2 Å². The van der Waals surface area contributed by atoms with Crippen LogP contribution in [0.15, 0.2) is 6.33 Å². The van der Waals surface area contributed by atoms with Crippen molar-refractivity contribution in [1.82, 2.24) is 25.4 Å². The van der Waals surface area contributed by atoms with E-state index in [2.05, 4.69) is 27.4 Å². The van der Waals surface area contributed by atoms with E-state index in [0.29, 0.717) is 5.92 Å². The average molecular weight is 361 g/mol. The summed E-state index contributed by atoms with van der Waals surface area (Å²) >= 11 is 0. The number of amides is 2. The minimum absolute atomic E-state index is 0.0769. The van der Waals surface area contributed by atoms with Crippen molar-refractivity contribution in [2.75, 3.05) is 19.6 Å². The summed E-state index contributed by atoms with van der Waals surface area (Å²) in [7, 11) is 0. The van der Waals surface area contributed by atoms with Gasteiger partial charge in [-0.3, -0.25) is 14.7 Å². The standard InChI is InChI=1S/C19H31N5O2/c1-2-3-10-20-18(25)15-6-4-5-7-16(15)19(26)24-11-8-14(9-12-24)17-21-13-22-23-17/h13-16H,2-12H2,1H3,(H,20,25)(H,21,22,23)/t15-,16+/m1/s1. The summed E-state index contributed by atoms with van der Waals surface area (Å²) in [5.74, 6) is 1.22. The first kappa shape index (κ1) is 18.9. The lowest BCUT2D eigenvalue weighted by atomic mass is 9.77. The summed E-state index contributed by atoms with van der Waals surface area (Å²) < 4.78 is 0. The van der Waals surface area contributed by atoms with E-state index in [1.165, 1.54) is 6.33 Å². The fourth-order valence-corrected chi connectivity index (χ4v) is 4.28. The molecule has 0 aromatic carbocycles. The number of carbonyl (C=O) groups is 2. The highest BCUT2D eigenvalue weighted by Crippen LogP contribution is 2.33. The van der Waals surface area contributed by atoms with Crippen molar-refractivity contribution in [1.29, 1.82) is 0 Å². The molecule has 1 aromatic rings. The molecular weight excluding hydrogens is 330 g/mol. The SMILES string of the molecule is CCCCNC(=O)[C@@H]1CCCC[C@@H]1C(=O)N1CCC(c2ncn[nH]2)CC1. The maximum Gasteiger partial charge on any atom is 0.226 e. The molecule has 3 rings (SSSR count). The number of H-pyrrole nitrogens is 1. The summed E-state index contributed by atoms with van der Waals surface area (Å²) in [4.78, 5) is 31.9. The van der Waals surface area contributed by atoms with Crippen molar-refractivity contribution in [2.45, 2.75) is 64.2 Å². The lowest BCUT2D eigenvalue weighted by Gasteiger charge is -2.37. The second-order valence-corrected chi connectivity index (χ2v) is 7.61. The third kappa shape index (κ3) is 4.43. The van der Waals surface area contributed by atoms with Gasteiger partial charge in [0.1, 0.15) is 12.2 Å². The Balaban J connectivity index is 1.56. The Kier molecular flexibility index (Phi) is 6.63. The Morgan fingerprint density at radius 1 is 1.19 bits per heavy atom. The second-order valence-electron chi connectivity index (χ2n) is 7.61. The molecule has 0 unspecified atom stereocenters. The van der Waals surface area contributed by atoms with Crippen molar-refractivity contribution in [3.63, 3.8) is 0 Å². The molecule has 7 heteroatoms. The van der Waals surface area contributed by atoms with Gasteiger partial charge in [0.15, 0.2) is 0 Å². The molecule has 0 bridgehead atoms. The van der Waals surface area contributed by atoms with E-state index >= 15 is 0 Å². The fraction of sp³-hybridized carbons (Fsp3) is 0.789. The van der Waals surface area contributed by atoms with Crippen LogP contribution in [0.2, 0.25) is 0 Å². The largest absolute Gasteiger partial charge is 0.356 e. The zero-order valence-electron chi connectivity index (χ0n) is 15.7. The molecule has 1 saturated carbocycles. The molecule has 2 atom stereocenters. The maximum absolute atomic E-state index is 13.1. The van der Waals surface area contributed by atoms with Gasteiger partial charge in [0.25, 0.3) is 0 Å². The molecule has 2 amide bonds. The molecule has 1 aliphatic carbocycles. The monoisotopic (exact) mass is 361 g/mol. The van der Waals surface area contributed by atoms with Crippen LogP contribution in [0, 0.1) is 11.8 Å². The molecule has 0 radical (unpaired) electrons. The lowest BCUT2D eigenvalue weighted by Crippen LogP contribution is -2.47. The van der Waals surface area contributed by atoms with Gasteiger partial charge in [-0.1, -0.05) is 26.2 Å². The summed E-state index contributed by atoms with van der Waals surface area (Å²) in [6.07, 6.45) is 9.17. The van der Waals surface area contributed by atoms with Crippen molar-refractivity contribution in [2.24, 2.45) is 11.8 Å². The van der Waals surface area contributed by atoms with E-state index < -0.39 is 0 Å². The van der Waals surface area contributed by atoms with Crippen LogP contribution in [0.4, 0.5) is 0 Å². The number of aromatic amines is 1. The van der Waals surface area contributed by atoms with Crippen molar-refractivity contribution >= 4 is 11.8 Å². The van der Waals surface area contributed by atoms with Crippen molar-refractivity contribution < 1.29 is 9.59 Å². The predicted octanol–water partition coefficient (Wildman–Crippen LogP) is 2.23. The van der Waals surface area contributed by atoms with Gasteiger partial charge in [-0.2, -0.15) is 5.10 Å². The molecule has 144 valence electrons. The van der Waals surface area contributed by atoms with Gasteiger partial charge >= 0.3 is 0 Å².